The molecule has 3 saturated carbocycles. The van der Waals surface area contributed by atoms with Crippen LogP contribution in [0.2, 0.25) is 0 Å². The molecule has 4 aliphatic carbocycles. The van der Waals surface area contributed by atoms with E-state index in [1.807, 2.05) is 0 Å². The largest absolute Gasteiger partial charge is 0.349 e. The first-order chi connectivity index (χ1) is 15.1. The molecule has 1 spiro atoms. The van der Waals surface area contributed by atoms with Crippen LogP contribution < -0.4 is 0 Å². The molecular formula is C27H37BrO4. The summed E-state index contributed by atoms with van der Waals surface area (Å²) in [5.74, 6) is 2.41. The number of alkyl halides is 1. The number of fused-ring (bicyclic) bond motifs is 7. The molecule has 0 aromatic rings. The van der Waals surface area contributed by atoms with E-state index in [-0.39, 0.29) is 28.2 Å². The van der Waals surface area contributed by atoms with Crippen LogP contribution in [-0.4, -0.2) is 34.9 Å². The van der Waals surface area contributed by atoms with Crippen LogP contribution in [0.3, 0.4) is 0 Å². The summed E-state index contributed by atoms with van der Waals surface area (Å²) in [6, 6.07) is 0. The minimum Gasteiger partial charge on any atom is -0.349 e. The van der Waals surface area contributed by atoms with Crippen molar-refractivity contribution in [1.82, 2.24) is 0 Å². The highest BCUT2D eigenvalue weighted by Crippen LogP contribution is 2.68. The third-order valence-corrected chi connectivity index (χ3v) is 11.9. The van der Waals surface area contributed by atoms with Crippen molar-refractivity contribution in [1.29, 1.82) is 0 Å². The van der Waals surface area contributed by atoms with Gasteiger partial charge in [0, 0.05) is 31.1 Å². The maximum absolute atomic E-state index is 14.0. The van der Waals surface area contributed by atoms with Crippen molar-refractivity contribution < 1.29 is 19.1 Å². The van der Waals surface area contributed by atoms with Gasteiger partial charge in [-0.2, -0.15) is 0 Å². The zero-order valence-corrected chi connectivity index (χ0v) is 21.4. The van der Waals surface area contributed by atoms with E-state index in [0.29, 0.717) is 48.1 Å². The van der Waals surface area contributed by atoms with Crippen LogP contribution in [-0.2, 0) is 19.1 Å². The molecule has 0 N–H and O–H groups in total. The molecule has 2 saturated heterocycles. The molecule has 32 heavy (non-hydrogen) atoms. The summed E-state index contributed by atoms with van der Waals surface area (Å²) in [6.45, 7) is 9.85. The highest BCUT2D eigenvalue weighted by Gasteiger charge is 2.69. The average molecular weight is 505 g/mol. The summed E-state index contributed by atoms with van der Waals surface area (Å²) < 4.78 is 13.1. The molecular weight excluding hydrogens is 468 g/mol. The van der Waals surface area contributed by atoms with Gasteiger partial charge in [-0.05, 0) is 61.7 Å². The molecule has 0 unspecified atom stereocenters. The van der Waals surface area contributed by atoms with Crippen molar-refractivity contribution in [3.8, 4) is 0 Å². The molecule has 5 heteroatoms. The lowest BCUT2D eigenvalue weighted by molar-refractivity contribution is -0.265. The number of carbonyl (C=O) groups is 2. The molecule has 0 aromatic heterocycles. The van der Waals surface area contributed by atoms with Crippen LogP contribution in [0, 0.1) is 46.3 Å². The summed E-state index contributed by atoms with van der Waals surface area (Å²) in [7, 11) is 0. The number of halogens is 1. The topological polar surface area (TPSA) is 52.6 Å². The average Bonchev–Trinajstić information content (AvgIpc) is 3.19. The lowest BCUT2D eigenvalue weighted by atomic mass is 9.45. The summed E-state index contributed by atoms with van der Waals surface area (Å²) in [5.41, 5.74) is 0.988. The lowest BCUT2D eigenvalue weighted by Gasteiger charge is -2.58. The monoisotopic (exact) mass is 504 g/mol. The van der Waals surface area contributed by atoms with Crippen molar-refractivity contribution in [3.05, 3.63) is 11.6 Å². The van der Waals surface area contributed by atoms with Crippen LogP contribution >= 0.6 is 15.9 Å². The van der Waals surface area contributed by atoms with Gasteiger partial charge in [-0.15, -0.1) is 0 Å². The van der Waals surface area contributed by atoms with Crippen LogP contribution in [0.5, 0.6) is 0 Å². The fraction of sp³-hybridized carbons (Fsp3) is 0.852. The second-order valence-electron chi connectivity index (χ2n) is 12.5. The van der Waals surface area contributed by atoms with Crippen molar-refractivity contribution >= 4 is 27.5 Å². The predicted octanol–water partition coefficient (Wildman–Crippen LogP) is 5.47. The van der Waals surface area contributed by atoms with E-state index in [2.05, 4.69) is 49.7 Å². The van der Waals surface area contributed by atoms with E-state index >= 15 is 0 Å². The number of ketones is 2. The van der Waals surface area contributed by atoms with Crippen LogP contribution in [0.4, 0.5) is 0 Å². The predicted molar refractivity (Wildman–Crippen MR) is 125 cm³/mol. The third kappa shape index (κ3) is 2.68. The number of hydrogen-bond acceptors (Lipinski definition) is 4. The molecule has 0 amide bonds. The van der Waals surface area contributed by atoms with Gasteiger partial charge >= 0.3 is 0 Å². The molecule has 176 valence electrons. The molecule has 6 rings (SSSR count). The summed E-state index contributed by atoms with van der Waals surface area (Å²) in [5, 5.41) is 0. The molecule has 5 fully saturated rings. The number of hydrogen-bond donors (Lipinski definition) is 0. The Morgan fingerprint density at radius 3 is 2.59 bits per heavy atom. The Labute approximate surface area is 200 Å². The summed E-state index contributed by atoms with van der Waals surface area (Å²) >= 11 is 3.66. The first-order valence-electron chi connectivity index (χ1n) is 12.8. The first kappa shape index (κ1) is 22.0. The maximum Gasteiger partial charge on any atom is 0.172 e. The third-order valence-electron chi connectivity index (χ3n) is 11.0. The fourth-order valence-corrected chi connectivity index (χ4v) is 9.91. The minimum atomic E-state index is -0.513. The summed E-state index contributed by atoms with van der Waals surface area (Å²) in [6.07, 6.45) is 8.80. The van der Waals surface area contributed by atoms with Crippen LogP contribution in [0.25, 0.3) is 0 Å². The van der Waals surface area contributed by atoms with Gasteiger partial charge in [0.25, 0.3) is 0 Å². The lowest BCUT2D eigenvalue weighted by Crippen LogP contribution is -2.57. The maximum atomic E-state index is 14.0. The second-order valence-corrected chi connectivity index (χ2v) is 13.6. The van der Waals surface area contributed by atoms with E-state index in [0.717, 1.165) is 38.7 Å². The van der Waals surface area contributed by atoms with Crippen molar-refractivity contribution in [2.75, 3.05) is 6.61 Å². The van der Waals surface area contributed by atoms with E-state index < -0.39 is 11.2 Å². The molecule has 0 bridgehead atoms. The zero-order chi connectivity index (χ0) is 22.6. The molecule has 11 atom stereocenters. The Hall–Kier alpha value is -0.520. The Morgan fingerprint density at radius 1 is 1.09 bits per heavy atom. The number of allylic oxidation sites excluding steroid dienone is 1. The highest BCUT2D eigenvalue weighted by molar-refractivity contribution is 9.10. The molecule has 0 radical (unpaired) electrons. The Bertz CT molecular complexity index is 888. The second kappa shape index (κ2) is 7.01. The summed E-state index contributed by atoms with van der Waals surface area (Å²) in [4.78, 5) is 26.4. The van der Waals surface area contributed by atoms with Gasteiger partial charge in [0.2, 0.25) is 0 Å². The first-order valence-corrected chi connectivity index (χ1v) is 13.8. The molecule has 2 heterocycles. The van der Waals surface area contributed by atoms with Crippen molar-refractivity contribution in [2.45, 2.75) is 89.4 Å². The quantitative estimate of drug-likeness (QED) is 0.324. The van der Waals surface area contributed by atoms with Gasteiger partial charge in [-0.3, -0.25) is 9.59 Å². The van der Waals surface area contributed by atoms with Crippen molar-refractivity contribution in [2.24, 2.45) is 46.3 Å². The Balaban J connectivity index is 1.35. The standard InChI is InChI=1S/C27H37BrO4/c1-14-7-8-27(31-13-14)15(2)24-22(32-27)10-19-17-6-5-16-9-21(29)20(28)12-25(16,3)18(17)11-23(30)26(19,24)4/h10,14-18,20,22,24H,5-9,11-13H2,1-4H3/t14-,15-,16-,17+,18-,20+,22-,24-,25-,26+,27+/m0/s1. The zero-order valence-electron chi connectivity index (χ0n) is 19.9. The van der Waals surface area contributed by atoms with Crippen LogP contribution in [0.1, 0.15) is 72.6 Å². The van der Waals surface area contributed by atoms with Gasteiger partial charge < -0.3 is 9.47 Å². The van der Waals surface area contributed by atoms with E-state index in [1.54, 1.807) is 0 Å². The molecule has 2 aliphatic heterocycles. The van der Waals surface area contributed by atoms with E-state index in [4.69, 9.17) is 9.47 Å². The number of rotatable bonds is 0. The normalized spacial score (nSPS) is 57.0. The van der Waals surface area contributed by atoms with Crippen LogP contribution in [0.15, 0.2) is 11.6 Å². The smallest absolute Gasteiger partial charge is 0.172 e. The minimum absolute atomic E-state index is 0.0107. The number of ether oxygens (including phenoxy) is 2. The van der Waals surface area contributed by atoms with E-state index in [9.17, 15) is 9.59 Å². The van der Waals surface area contributed by atoms with Crippen molar-refractivity contribution in [3.63, 3.8) is 0 Å². The van der Waals surface area contributed by atoms with E-state index in [1.165, 1.54) is 5.57 Å². The van der Waals surface area contributed by atoms with Gasteiger partial charge in [-0.25, -0.2) is 0 Å². The SMILES string of the molecule is C[C@H]1CC[C@@]2(OC1)O[C@H]1C=C3[C@@H]4CC[C@H]5CC(=O)[C@H](Br)C[C@]5(C)[C@H]4CC(=O)[C@]3(C)[C@H]1[C@@H]2C. The fourth-order valence-electron chi connectivity index (χ4n) is 9.03. The van der Waals surface area contributed by atoms with Gasteiger partial charge in [0.1, 0.15) is 11.6 Å². The number of Topliss-reactive ketones (excluding diaryl/α,β-unsaturated/α-hetero) is 2. The Kier molecular flexibility index (Phi) is 4.81. The number of carbonyl (C=O) groups excluding carboxylic acids is 2. The highest BCUT2D eigenvalue weighted by atomic mass is 79.9. The molecule has 6 aliphatic rings. The van der Waals surface area contributed by atoms with Gasteiger partial charge in [0.05, 0.1) is 23.0 Å². The molecule has 4 nitrogen and oxygen atoms in total. The Morgan fingerprint density at radius 2 is 1.88 bits per heavy atom. The van der Waals surface area contributed by atoms with Gasteiger partial charge in [0.15, 0.2) is 5.79 Å². The van der Waals surface area contributed by atoms with Gasteiger partial charge in [-0.1, -0.05) is 48.4 Å². The molecule has 0 aromatic carbocycles.